The zero-order valence-corrected chi connectivity index (χ0v) is 13.7. The first kappa shape index (κ1) is 17.0. The third-order valence-electron chi connectivity index (χ3n) is 4.36. The predicted molar refractivity (Wildman–Crippen MR) is 81.3 cm³/mol. The van der Waals surface area contributed by atoms with Crippen LogP contribution in [-0.4, -0.2) is 39.1 Å². The van der Waals surface area contributed by atoms with E-state index in [1.807, 2.05) is 0 Å². The van der Waals surface area contributed by atoms with Gasteiger partial charge in [-0.1, -0.05) is 0 Å². The van der Waals surface area contributed by atoms with E-state index in [4.69, 9.17) is 14.2 Å². The Kier molecular flexibility index (Phi) is 4.73. The van der Waals surface area contributed by atoms with E-state index in [-0.39, 0.29) is 11.7 Å². The van der Waals surface area contributed by atoms with Crippen LogP contribution in [0, 0.1) is 11.3 Å². The lowest BCUT2D eigenvalue weighted by Crippen LogP contribution is -2.31. The van der Waals surface area contributed by atoms with E-state index < -0.39 is 17.4 Å². The minimum Gasteiger partial charge on any atom is -0.497 e. The van der Waals surface area contributed by atoms with E-state index in [1.165, 1.54) is 28.3 Å². The first-order chi connectivity index (χ1) is 10.9. The average molecular weight is 320 g/mol. The van der Waals surface area contributed by atoms with Crippen LogP contribution in [0.4, 0.5) is 0 Å². The Balaban J connectivity index is 2.31. The van der Waals surface area contributed by atoms with E-state index in [2.05, 4.69) is 0 Å². The highest BCUT2D eigenvalue weighted by Crippen LogP contribution is 2.56. The lowest BCUT2D eigenvalue weighted by molar-refractivity contribution is -0.162. The van der Waals surface area contributed by atoms with Gasteiger partial charge in [-0.15, -0.1) is 0 Å². The normalized spacial score (nSPS) is 18.0. The van der Waals surface area contributed by atoms with Gasteiger partial charge in [0.25, 0.3) is 0 Å². The number of methoxy groups -OCH3 is 3. The van der Waals surface area contributed by atoms with Gasteiger partial charge < -0.3 is 14.2 Å². The summed E-state index contributed by atoms with van der Waals surface area (Å²) in [6.07, 6.45) is 0.747. The van der Waals surface area contributed by atoms with Crippen molar-refractivity contribution in [2.45, 2.75) is 19.8 Å². The largest absolute Gasteiger partial charge is 0.497 e. The summed E-state index contributed by atoms with van der Waals surface area (Å²) in [6.45, 7) is 1.48. The lowest BCUT2D eigenvalue weighted by atomic mass is 9.95. The van der Waals surface area contributed by atoms with Crippen molar-refractivity contribution in [3.05, 3.63) is 29.3 Å². The Hall–Kier alpha value is -2.37. The van der Waals surface area contributed by atoms with Gasteiger partial charge in [0, 0.05) is 5.56 Å². The molecule has 6 nitrogen and oxygen atoms in total. The first-order valence-corrected chi connectivity index (χ1v) is 7.25. The number of hydrogen-bond acceptors (Lipinski definition) is 6. The lowest BCUT2D eigenvalue weighted by Gasteiger charge is -2.14. The van der Waals surface area contributed by atoms with Crippen molar-refractivity contribution < 1.29 is 28.6 Å². The molecule has 1 aromatic rings. The highest BCUT2D eigenvalue weighted by atomic mass is 16.5. The van der Waals surface area contributed by atoms with E-state index in [1.54, 1.807) is 18.2 Å². The SMILES string of the molecule is COC(=O)C1(C(=O)OC)CC1Cc1cc(OC)ccc1C(C)=O. The maximum atomic E-state index is 12.0. The molecule has 0 radical (unpaired) electrons. The highest BCUT2D eigenvalue weighted by Gasteiger charge is 2.67. The van der Waals surface area contributed by atoms with Crippen molar-refractivity contribution in [2.24, 2.45) is 11.3 Å². The number of ether oxygens (including phenoxy) is 3. The standard InChI is InChI=1S/C17H20O6/c1-10(18)14-6-5-13(21-2)8-11(14)7-12-9-17(12,15(19)22-3)16(20)23-4/h5-6,8,12H,7,9H2,1-4H3. The monoisotopic (exact) mass is 320 g/mol. The van der Waals surface area contributed by atoms with Gasteiger partial charge in [-0.05, 0) is 49.4 Å². The molecule has 1 fully saturated rings. The van der Waals surface area contributed by atoms with Crippen LogP contribution < -0.4 is 4.74 Å². The Bertz CT molecular complexity index is 632. The summed E-state index contributed by atoms with van der Waals surface area (Å²) < 4.78 is 14.7. The molecule has 1 aromatic carbocycles. The number of Topliss-reactive ketones (excluding diaryl/α,β-unsaturated/α-hetero) is 1. The number of esters is 2. The third-order valence-corrected chi connectivity index (χ3v) is 4.36. The Labute approximate surface area is 134 Å². The zero-order valence-electron chi connectivity index (χ0n) is 13.7. The van der Waals surface area contributed by atoms with Crippen LogP contribution in [0.2, 0.25) is 0 Å². The van der Waals surface area contributed by atoms with Crippen molar-refractivity contribution >= 4 is 17.7 Å². The van der Waals surface area contributed by atoms with Crippen molar-refractivity contribution in [3.8, 4) is 5.75 Å². The fourth-order valence-corrected chi connectivity index (χ4v) is 3.00. The topological polar surface area (TPSA) is 78.9 Å². The maximum absolute atomic E-state index is 12.0. The van der Waals surface area contributed by atoms with Gasteiger partial charge in [0.15, 0.2) is 11.2 Å². The minimum atomic E-state index is -1.26. The van der Waals surface area contributed by atoms with Crippen molar-refractivity contribution in [3.63, 3.8) is 0 Å². The number of carbonyl (C=O) groups excluding carboxylic acids is 3. The van der Waals surface area contributed by atoms with Crippen LogP contribution in [-0.2, 0) is 25.5 Å². The molecule has 0 aliphatic heterocycles. The van der Waals surface area contributed by atoms with Crippen molar-refractivity contribution in [1.29, 1.82) is 0 Å². The fourth-order valence-electron chi connectivity index (χ4n) is 3.00. The van der Waals surface area contributed by atoms with Gasteiger partial charge in [-0.2, -0.15) is 0 Å². The molecule has 23 heavy (non-hydrogen) atoms. The Morgan fingerprint density at radius 3 is 2.22 bits per heavy atom. The molecule has 0 N–H and O–H groups in total. The Morgan fingerprint density at radius 2 is 1.74 bits per heavy atom. The van der Waals surface area contributed by atoms with Crippen LogP contribution in [0.5, 0.6) is 5.75 Å². The minimum absolute atomic E-state index is 0.0787. The molecule has 0 saturated heterocycles. The van der Waals surface area contributed by atoms with Gasteiger partial charge in [0.2, 0.25) is 0 Å². The van der Waals surface area contributed by atoms with Gasteiger partial charge in [0.1, 0.15) is 5.75 Å². The molecule has 1 saturated carbocycles. The molecule has 1 unspecified atom stereocenters. The smallest absolute Gasteiger partial charge is 0.323 e. The van der Waals surface area contributed by atoms with Gasteiger partial charge in [-0.25, -0.2) is 0 Å². The molecule has 0 aromatic heterocycles. The van der Waals surface area contributed by atoms with E-state index in [0.717, 1.165) is 5.56 Å². The van der Waals surface area contributed by atoms with E-state index in [0.29, 0.717) is 24.2 Å². The second-order valence-corrected chi connectivity index (χ2v) is 5.64. The average Bonchev–Trinajstić information content (AvgIpc) is 3.27. The zero-order chi connectivity index (χ0) is 17.2. The predicted octanol–water partition coefficient (Wildman–Crippen LogP) is 1.79. The van der Waals surface area contributed by atoms with Crippen molar-refractivity contribution in [1.82, 2.24) is 0 Å². The number of rotatable bonds is 6. The van der Waals surface area contributed by atoms with Crippen LogP contribution in [0.1, 0.15) is 29.3 Å². The molecule has 0 bridgehead atoms. The molecule has 1 aliphatic rings. The van der Waals surface area contributed by atoms with Crippen LogP contribution >= 0.6 is 0 Å². The molecule has 0 amide bonds. The summed E-state index contributed by atoms with van der Waals surface area (Å²) in [7, 11) is 4.03. The molecule has 124 valence electrons. The molecule has 1 atom stereocenters. The molecule has 1 aliphatic carbocycles. The van der Waals surface area contributed by atoms with Gasteiger partial charge >= 0.3 is 11.9 Å². The van der Waals surface area contributed by atoms with Crippen molar-refractivity contribution in [2.75, 3.05) is 21.3 Å². The second kappa shape index (κ2) is 6.40. The van der Waals surface area contributed by atoms with Crippen LogP contribution in [0.15, 0.2) is 18.2 Å². The summed E-state index contributed by atoms with van der Waals surface area (Å²) in [5.74, 6) is -0.909. The quantitative estimate of drug-likeness (QED) is 0.452. The molecule has 0 spiro atoms. The summed E-state index contributed by atoms with van der Waals surface area (Å²) in [6, 6.07) is 5.16. The third kappa shape index (κ3) is 2.93. The number of benzene rings is 1. The number of carbonyl (C=O) groups is 3. The summed E-state index contributed by atoms with van der Waals surface area (Å²) in [5, 5.41) is 0. The summed E-state index contributed by atoms with van der Waals surface area (Å²) >= 11 is 0. The first-order valence-electron chi connectivity index (χ1n) is 7.25. The number of ketones is 1. The van der Waals surface area contributed by atoms with E-state index in [9.17, 15) is 14.4 Å². The number of hydrogen-bond donors (Lipinski definition) is 0. The molecule has 6 heteroatoms. The summed E-state index contributed by atoms with van der Waals surface area (Å²) in [5.41, 5.74) is 0.0403. The second-order valence-electron chi connectivity index (χ2n) is 5.64. The van der Waals surface area contributed by atoms with E-state index >= 15 is 0 Å². The van der Waals surface area contributed by atoms with Crippen LogP contribution in [0.3, 0.4) is 0 Å². The van der Waals surface area contributed by atoms with Gasteiger partial charge in [-0.3, -0.25) is 14.4 Å². The molecular weight excluding hydrogens is 300 g/mol. The molecule has 0 heterocycles. The maximum Gasteiger partial charge on any atom is 0.323 e. The Morgan fingerprint density at radius 1 is 1.13 bits per heavy atom. The van der Waals surface area contributed by atoms with Gasteiger partial charge in [0.05, 0.1) is 21.3 Å². The molecular formula is C17H20O6. The fraction of sp³-hybridized carbons (Fsp3) is 0.471. The highest BCUT2D eigenvalue weighted by molar-refractivity contribution is 6.04. The molecule has 2 rings (SSSR count). The summed E-state index contributed by atoms with van der Waals surface area (Å²) in [4.78, 5) is 35.8. The van der Waals surface area contributed by atoms with Crippen LogP contribution in [0.25, 0.3) is 0 Å².